The fourth-order valence-electron chi connectivity index (χ4n) is 2.11. The number of aromatic amines is 1. The number of nitrogens with one attached hydrogen (secondary N) is 2. The molecule has 0 aliphatic carbocycles. The molecule has 1 atom stereocenters. The molecule has 1 amide bonds. The number of aromatic nitrogens is 2. The van der Waals surface area contributed by atoms with Crippen LogP contribution < -0.4 is 5.32 Å². The molecule has 0 unspecified atom stereocenters. The topological polar surface area (TPSA) is 93.0 Å². The van der Waals surface area contributed by atoms with Gasteiger partial charge in [-0.15, -0.1) is 0 Å². The first-order valence-electron chi connectivity index (χ1n) is 6.71. The predicted molar refractivity (Wildman–Crippen MR) is 78.1 cm³/mol. The smallest absolute Gasteiger partial charge is 0.287 e. The van der Waals surface area contributed by atoms with Gasteiger partial charge in [0.25, 0.3) is 11.6 Å². The highest BCUT2D eigenvalue weighted by molar-refractivity contribution is 5.93. The van der Waals surface area contributed by atoms with Crippen LogP contribution in [0.4, 0.5) is 5.69 Å². The number of hydrogen-bond donors (Lipinski definition) is 2. The van der Waals surface area contributed by atoms with Gasteiger partial charge in [0.05, 0.1) is 11.1 Å². The molecule has 0 aromatic carbocycles. The Morgan fingerprint density at radius 1 is 1.57 bits per heavy atom. The van der Waals surface area contributed by atoms with Crippen LogP contribution in [0.2, 0.25) is 0 Å². The third-order valence-electron chi connectivity index (χ3n) is 3.39. The molecule has 0 aliphatic heterocycles. The molecule has 0 spiro atoms. The monoisotopic (exact) mass is 290 g/mol. The van der Waals surface area contributed by atoms with Gasteiger partial charge in [-0.1, -0.05) is 0 Å². The van der Waals surface area contributed by atoms with E-state index in [2.05, 4.69) is 10.3 Å². The lowest BCUT2D eigenvalue weighted by Gasteiger charge is -2.13. The van der Waals surface area contributed by atoms with Crippen LogP contribution in [-0.2, 0) is 13.5 Å². The maximum absolute atomic E-state index is 11.9. The number of H-pyrrole nitrogens is 1. The number of nitro groups is 1. The highest BCUT2D eigenvalue weighted by Gasteiger charge is 2.16. The lowest BCUT2D eigenvalue weighted by molar-refractivity contribution is -0.384. The molecule has 0 fully saturated rings. The first kappa shape index (κ1) is 14.8. The molecule has 2 heterocycles. The number of amides is 1. The van der Waals surface area contributed by atoms with Crippen LogP contribution in [0.15, 0.2) is 30.6 Å². The van der Waals surface area contributed by atoms with Crippen molar-refractivity contribution in [2.75, 3.05) is 0 Å². The Kier molecular flexibility index (Phi) is 4.42. The molecule has 2 aromatic heterocycles. The van der Waals surface area contributed by atoms with Crippen LogP contribution >= 0.6 is 0 Å². The molecule has 0 saturated heterocycles. The largest absolute Gasteiger partial charge is 0.354 e. The predicted octanol–water partition coefficient (Wildman–Crippen LogP) is 2.01. The highest BCUT2D eigenvalue weighted by Crippen LogP contribution is 2.12. The lowest BCUT2D eigenvalue weighted by atomic mass is 10.1. The van der Waals surface area contributed by atoms with Gasteiger partial charge in [0.1, 0.15) is 5.69 Å². The van der Waals surface area contributed by atoms with Gasteiger partial charge in [-0.3, -0.25) is 14.9 Å². The summed E-state index contributed by atoms with van der Waals surface area (Å²) in [4.78, 5) is 24.6. The summed E-state index contributed by atoms with van der Waals surface area (Å²) >= 11 is 0. The Labute approximate surface area is 122 Å². The first-order valence-corrected chi connectivity index (χ1v) is 6.71. The van der Waals surface area contributed by atoms with E-state index in [1.54, 1.807) is 0 Å². The van der Waals surface area contributed by atoms with Crippen LogP contribution in [0.25, 0.3) is 0 Å². The van der Waals surface area contributed by atoms with E-state index in [9.17, 15) is 14.9 Å². The van der Waals surface area contributed by atoms with E-state index < -0.39 is 4.92 Å². The van der Waals surface area contributed by atoms with E-state index in [4.69, 9.17) is 0 Å². The van der Waals surface area contributed by atoms with Gasteiger partial charge in [0, 0.05) is 31.0 Å². The third kappa shape index (κ3) is 3.71. The van der Waals surface area contributed by atoms with E-state index in [1.165, 1.54) is 18.0 Å². The zero-order valence-corrected chi connectivity index (χ0v) is 12.0. The van der Waals surface area contributed by atoms with Crippen molar-refractivity contribution in [3.63, 3.8) is 0 Å². The summed E-state index contributed by atoms with van der Waals surface area (Å²) in [6.07, 6.45) is 4.85. The van der Waals surface area contributed by atoms with E-state index in [0.29, 0.717) is 0 Å². The van der Waals surface area contributed by atoms with Gasteiger partial charge in [0.15, 0.2) is 0 Å². The average Bonchev–Trinajstić information content (AvgIpc) is 3.05. The summed E-state index contributed by atoms with van der Waals surface area (Å²) < 4.78 is 2.04. The van der Waals surface area contributed by atoms with Crippen molar-refractivity contribution in [1.29, 1.82) is 0 Å². The molecule has 7 heteroatoms. The lowest BCUT2D eigenvalue weighted by Crippen LogP contribution is -2.33. The van der Waals surface area contributed by atoms with Gasteiger partial charge in [0.2, 0.25) is 0 Å². The van der Waals surface area contributed by atoms with Crippen LogP contribution in [0.3, 0.4) is 0 Å². The average molecular weight is 290 g/mol. The van der Waals surface area contributed by atoms with E-state index >= 15 is 0 Å². The Balaban J connectivity index is 1.86. The Morgan fingerprint density at radius 3 is 2.90 bits per heavy atom. The van der Waals surface area contributed by atoms with Gasteiger partial charge in [-0.05, 0) is 31.9 Å². The molecule has 21 heavy (non-hydrogen) atoms. The van der Waals surface area contributed by atoms with Crippen molar-refractivity contribution in [1.82, 2.24) is 14.9 Å². The summed E-state index contributed by atoms with van der Waals surface area (Å²) in [7, 11) is 1.98. The van der Waals surface area contributed by atoms with Gasteiger partial charge in [-0.25, -0.2) is 0 Å². The third-order valence-corrected chi connectivity index (χ3v) is 3.39. The summed E-state index contributed by atoms with van der Waals surface area (Å²) in [5.41, 5.74) is 1.29. The molecular weight excluding hydrogens is 272 g/mol. The fourth-order valence-corrected chi connectivity index (χ4v) is 2.11. The van der Waals surface area contributed by atoms with Crippen LogP contribution in [0, 0.1) is 10.1 Å². The van der Waals surface area contributed by atoms with Gasteiger partial charge in [-0.2, -0.15) is 0 Å². The molecular formula is C14H18N4O3. The zero-order valence-electron chi connectivity index (χ0n) is 12.0. The second kappa shape index (κ2) is 6.25. The van der Waals surface area contributed by atoms with Crippen LogP contribution in [-0.4, -0.2) is 26.4 Å². The maximum Gasteiger partial charge on any atom is 0.287 e. The molecule has 0 aliphatic rings. The molecule has 7 nitrogen and oxygen atoms in total. The van der Waals surface area contributed by atoms with E-state index in [-0.39, 0.29) is 23.3 Å². The van der Waals surface area contributed by atoms with Crippen molar-refractivity contribution in [2.45, 2.75) is 25.8 Å². The van der Waals surface area contributed by atoms with Crippen molar-refractivity contribution < 1.29 is 9.72 Å². The molecule has 2 rings (SSSR count). The second-order valence-corrected chi connectivity index (χ2v) is 5.05. The summed E-state index contributed by atoms with van der Waals surface area (Å²) in [5, 5.41) is 13.4. The van der Waals surface area contributed by atoms with E-state index in [0.717, 1.165) is 12.8 Å². The molecule has 0 saturated carbocycles. The quantitative estimate of drug-likeness (QED) is 0.629. The normalized spacial score (nSPS) is 12.1. The SMILES string of the molecule is C[C@H](CCc1cccn1C)NC(=O)c1cc([N+](=O)[O-])c[nH]1. The van der Waals surface area contributed by atoms with Gasteiger partial charge >= 0.3 is 0 Å². The zero-order chi connectivity index (χ0) is 15.4. The van der Waals surface area contributed by atoms with Crippen LogP contribution in [0.1, 0.15) is 29.5 Å². The van der Waals surface area contributed by atoms with Crippen molar-refractivity contribution in [3.05, 3.63) is 52.1 Å². The standard InChI is InChI=1S/C14H18N4O3/c1-10(5-6-11-4-3-7-17(11)2)16-14(19)13-8-12(9-15-13)18(20)21/h3-4,7-10,15H,5-6H2,1-2H3,(H,16,19)/t10-/m1/s1. The minimum atomic E-state index is -0.536. The maximum atomic E-state index is 11.9. The second-order valence-electron chi connectivity index (χ2n) is 5.05. The number of hydrogen-bond acceptors (Lipinski definition) is 3. The number of nitrogens with zero attached hydrogens (tertiary/aromatic N) is 2. The van der Waals surface area contributed by atoms with Crippen molar-refractivity contribution >= 4 is 11.6 Å². The molecule has 2 N–H and O–H groups in total. The highest BCUT2D eigenvalue weighted by atomic mass is 16.6. The number of carbonyl (C=O) groups excluding carboxylic acids is 1. The summed E-state index contributed by atoms with van der Waals surface area (Å²) in [6, 6.07) is 5.24. The minimum Gasteiger partial charge on any atom is -0.354 e. The van der Waals surface area contributed by atoms with E-state index in [1.807, 2.05) is 36.9 Å². The molecule has 0 bridgehead atoms. The number of aryl methyl sites for hydroxylation is 2. The molecule has 112 valence electrons. The summed E-state index contributed by atoms with van der Waals surface area (Å²) in [6.45, 7) is 1.91. The fraction of sp³-hybridized carbons (Fsp3) is 0.357. The number of carbonyl (C=O) groups is 1. The van der Waals surface area contributed by atoms with Crippen molar-refractivity contribution in [3.8, 4) is 0 Å². The minimum absolute atomic E-state index is 0.0187. The molecule has 2 aromatic rings. The molecule has 0 radical (unpaired) electrons. The van der Waals surface area contributed by atoms with Gasteiger partial charge < -0.3 is 14.9 Å². The number of rotatable bonds is 6. The Hall–Kier alpha value is -2.57. The summed E-state index contributed by atoms with van der Waals surface area (Å²) in [5.74, 6) is -0.331. The Bertz CT molecular complexity index is 644. The van der Waals surface area contributed by atoms with Crippen molar-refractivity contribution in [2.24, 2.45) is 7.05 Å². The van der Waals surface area contributed by atoms with Crippen LogP contribution in [0.5, 0.6) is 0 Å². The first-order chi connectivity index (χ1) is 9.97. The Morgan fingerprint density at radius 2 is 2.33 bits per heavy atom.